The van der Waals surface area contributed by atoms with Gasteiger partial charge in [-0.3, -0.25) is 5.41 Å². The van der Waals surface area contributed by atoms with Crippen LogP contribution in [0.25, 0.3) is 0 Å². The van der Waals surface area contributed by atoms with Crippen LogP contribution < -0.4 is 5.32 Å². The first kappa shape index (κ1) is 15.0. The Morgan fingerprint density at radius 3 is 2.59 bits per heavy atom. The highest BCUT2D eigenvalue weighted by molar-refractivity contribution is 6.76. The fraction of sp³-hybridized carbons (Fsp3) is 0.667. The van der Waals surface area contributed by atoms with Crippen molar-refractivity contribution in [3.63, 3.8) is 0 Å². The van der Waals surface area contributed by atoms with Gasteiger partial charge < -0.3 is 19.5 Å². The third-order valence-corrected chi connectivity index (χ3v) is 2.76. The number of halogens is 3. The zero-order chi connectivity index (χ0) is 13.1. The largest absolute Gasteiger partial charge is 0.365 e. The summed E-state index contributed by atoms with van der Waals surface area (Å²) >= 11 is 16.6. The molecule has 1 heterocycles. The summed E-state index contributed by atoms with van der Waals surface area (Å²) in [7, 11) is 2.99. The zero-order valence-electron chi connectivity index (χ0n) is 9.30. The number of alkyl halides is 3. The minimum Gasteiger partial charge on any atom is -0.365 e. The molecule has 0 radical (unpaired) electrons. The van der Waals surface area contributed by atoms with Gasteiger partial charge >= 0.3 is 0 Å². The van der Waals surface area contributed by atoms with Crippen LogP contribution in [-0.2, 0) is 14.2 Å². The quantitative estimate of drug-likeness (QED) is 0.360. The molecule has 0 amide bonds. The maximum absolute atomic E-state index is 7.49. The molecule has 17 heavy (non-hydrogen) atoms. The third-order valence-electron chi connectivity index (χ3n) is 2.20. The Labute approximate surface area is 114 Å². The van der Waals surface area contributed by atoms with Crippen molar-refractivity contribution in [2.45, 2.75) is 15.9 Å². The van der Waals surface area contributed by atoms with Crippen LogP contribution in [0, 0.1) is 5.41 Å². The average Bonchev–Trinajstić information content (AvgIpc) is 2.69. The monoisotopic (exact) mass is 302 g/mol. The molecule has 0 saturated heterocycles. The molecule has 1 aliphatic heterocycles. The highest BCUT2D eigenvalue weighted by Gasteiger charge is 2.37. The van der Waals surface area contributed by atoms with Gasteiger partial charge in [0.2, 0.25) is 9.58 Å². The fourth-order valence-corrected chi connectivity index (χ4v) is 1.43. The summed E-state index contributed by atoms with van der Waals surface area (Å²) in [6.45, 7) is 0.132. The fourth-order valence-electron chi connectivity index (χ4n) is 1.23. The Bertz CT molecular complexity index is 319. The second-order valence-electron chi connectivity index (χ2n) is 3.32. The summed E-state index contributed by atoms with van der Waals surface area (Å²) in [6.07, 6.45) is 2.89. The van der Waals surface area contributed by atoms with Crippen LogP contribution in [0.2, 0.25) is 0 Å². The molecule has 1 aliphatic rings. The number of hydrogen-bond acceptors (Lipinski definition) is 4. The van der Waals surface area contributed by atoms with Gasteiger partial charge in [-0.15, -0.1) is 0 Å². The molecule has 2 atom stereocenters. The first-order valence-electron chi connectivity index (χ1n) is 4.68. The molecule has 98 valence electrons. The van der Waals surface area contributed by atoms with E-state index < -0.39 is 15.9 Å². The van der Waals surface area contributed by atoms with E-state index in [9.17, 15) is 0 Å². The maximum atomic E-state index is 7.49. The number of ether oxygens (including phenoxy) is 3. The summed E-state index contributed by atoms with van der Waals surface area (Å²) in [4.78, 5) is 0. The van der Waals surface area contributed by atoms with Crippen LogP contribution in [0.3, 0.4) is 0 Å². The zero-order valence-corrected chi connectivity index (χ0v) is 11.6. The second-order valence-corrected chi connectivity index (χ2v) is 5.60. The summed E-state index contributed by atoms with van der Waals surface area (Å²) < 4.78 is 13.9. The van der Waals surface area contributed by atoms with Crippen LogP contribution >= 0.6 is 34.8 Å². The standard InChI is InChI=1S/C9H13Cl3N2O3/c1-15-6-3-4-8(16-2,17-6)5-14-7(13)9(10,11)12/h3-4,6H,5H2,1-2H3,(H2,13,14). The van der Waals surface area contributed by atoms with E-state index in [1.807, 2.05) is 0 Å². The molecular formula is C9H13Cl3N2O3. The molecule has 0 saturated carbocycles. The molecule has 2 N–H and O–H groups in total. The van der Waals surface area contributed by atoms with E-state index in [0.717, 1.165) is 0 Å². The predicted octanol–water partition coefficient (Wildman–Crippen LogP) is 1.83. The minimum absolute atomic E-state index is 0.132. The maximum Gasteiger partial charge on any atom is 0.247 e. The second kappa shape index (κ2) is 5.73. The van der Waals surface area contributed by atoms with Gasteiger partial charge in [0.1, 0.15) is 5.84 Å². The molecule has 0 fully saturated rings. The van der Waals surface area contributed by atoms with E-state index in [2.05, 4.69) is 5.32 Å². The number of rotatable bonds is 4. The van der Waals surface area contributed by atoms with Crippen molar-refractivity contribution in [2.75, 3.05) is 20.8 Å². The summed E-state index contributed by atoms with van der Waals surface area (Å²) in [6, 6.07) is 0. The number of amidine groups is 1. The molecule has 2 unspecified atom stereocenters. The first-order valence-corrected chi connectivity index (χ1v) is 5.81. The Kier molecular flexibility index (Phi) is 5.07. The van der Waals surface area contributed by atoms with Crippen molar-refractivity contribution in [1.82, 2.24) is 5.32 Å². The van der Waals surface area contributed by atoms with Crippen LogP contribution in [0.4, 0.5) is 0 Å². The van der Waals surface area contributed by atoms with Crippen LogP contribution in [0.15, 0.2) is 12.2 Å². The van der Waals surface area contributed by atoms with Crippen molar-refractivity contribution < 1.29 is 14.2 Å². The van der Waals surface area contributed by atoms with E-state index in [4.69, 9.17) is 54.4 Å². The van der Waals surface area contributed by atoms with E-state index in [0.29, 0.717) is 0 Å². The van der Waals surface area contributed by atoms with Gasteiger partial charge in [-0.2, -0.15) is 0 Å². The lowest BCUT2D eigenvalue weighted by Crippen LogP contribution is -2.47. The van der Waals surface area contributed by atoms with Gasteiger partial charge in [0, 0.05) is 14.2 Å². The van der Waals surface area contributed by atoms with E-state index in [-0.39, 0.29) is 12.4 Å². The molecule has 0 aromatic carbocycles. The van der Waals surface area contributed by atoms with E-state index in [1.165, 1.54) is 14.2 Å². The van der Waals surface area contributed by atoms with Gasteiger partial charge in [-0.25, -0.2) is 0 Å². The molecule has 0 bridgehead atoms. The van der Waals surface area contributed by atoms with Crippen molar-refractivity contribution in [2.24, 2.45) is 0 Å². The van der Waals surface area contributed by atoms with Crippen LogP contribution in [0.1, 0.15) is 0 Å². The molecule has 0 aromatic rings. The van der Waals surface area contributed by atoms with Gasteiger partial charge in [-0.05, 0) is 12.2 Å². The van der Waals surface area contributed by atoms with Crippen molar-refractivity contribution in [3.05, 3.63) is 12.2 Å². The van der Waals surface area contributed by atoms with Gasteiger partial charge in [0.05, 0.1) is 6.54 Å². The lowest BCUT2D eigenvalue weighted by atomic mass is 10.2. The summed E-state index contributed by atoms with van der Waals surface area (Å²) in [5.41, 5.74) is 0. The van der Waals surface area contributed by atoms with Gasteiger partial charge in [0.25, 0.3) is 0 Å². The Morgan fingerprint density at radius 2 is 2.18 bits per heavy atom. The van der Waals surface area contributed by atoms with E-state index >= 15 is 0 Å². The minimum atomic E-state index is -1.79. The topological polar surface area (TPSA) is 63.6 Å². The lowest BCUT2D eigenvalue weighted by molar-refractivity contribution is -0.238. The molecule has 0 aromatic heterocycles. The smallest absolute Gasteiger partial charge is 0.247 e. The molecule has 0 spiro atoms. The number of hydrogen-bond donors (Lipinski definition) is 2. The van der Waals surface area contributed by atoms with Gasteiger partial charge in [0.15, 0.2) is 6.29 Å². The SMILES string of the molecule is COC1C=CC(CNC(=N)C(Cl)(Cl)Cl)(OC)O1. The molecule has 1 rings (SSSR count). The normalized spacial score (nSPS) is 28.4. The van der Waals surface area contributed by atoms with Crippen molar-refractivity contribution in [3.8, 4) is 0 Å². The van der Waals surface area contributed by atoms with Gasteiger partial charge in [-0.1, -0.05) is 34.8 Å². The number of methoxy groups -OCH3 is 2. The highest BCUT2D eigenvalue weighted by atomic mass is 35.6. The summed E-state index contributed by atoms with van der Waals surface area (Å²) in [5, 5.41) is 10.1. The lowest BCUT2D eigenvalue weighted by Gasteiger charge is -2.28. The molecule has 5 nitrogen and oxygen atoms in total. The molecule has 0 aliphatic carbocycles. The van der Waals surface area contributed by atoms with Crippen molar-refractivity contribution in [1.29, 1.82) is 5.41 Å². The van der Waals surface area contributed by atoms with E-state index in [1.54, 1.807) is 12.2 Å². The Balaban J connectivity index is 2.55. The number of nitrogens with one attached hydrogen (secondary N) is 2. The van der Waals surface area contributed by atoms with Crippen LogP contribution in [0.5, 0.6) is 0 Å². The predicted molar refractivity (Wildman–Crippen MR) is 66.8 cm³/mol. The Morgan fingerprint density at radius 1 is 1.53 bits per heavy atom. The molecular weight excluding hydrogens is 290 g/mol. The molecule has 8 heteroatoms. The third kappa shape index (κ3) is 3.98. The van der Waals surface area contributed by atoms with Crippen LogP contribution in [-0.4, -0.2) is 42.5 Å². The summed E-state index contributed by atoms with van der Waals surface area (Å²) in [5.74, 6) is -1.28. The Hall–Kier alpha value is -0.0400. The first-order chi connectivity index (χ1) is 7.83. The average molecular weight is 304 g/mol. The van der Waals surface area contributed by atoms with Crippen molar-refractivity contribution >= 4 is 40.6 Å². The highest BCUT2D eigenvalue weighted by Crippen LogP contribution is 2.28.